The molecular weight excluding hydrogens is 817 g/mol. The average Bonchev–Trinajstić information content (AvgIpc) is 3.31. The van der Waals surface area contributed by atoms with Crippen LogP contribution in [-0.2, 0) is 28.6 Å². The minimum Gasteiger partial charge on any atom is -0.462 e. The number of esters is 3. The van der Waals surface area contributed by atoms with Crippen LogP contribution in [-0.4, -0.2) is 37.2 Å². The molecule has 0 aromatic rings. The first-order chi connectivity index (χ1) is 32.5. The Morgan fingerprint density at radius 2 is 0.545 bits per heavy atom. The van der Waals surface area contributed by atoms with Crippen molar-refractivity contribution < 1.29 is 28.6 Å². The van der Waals surface area contributed by atoms with Crippen LogP contribution in [0, 0.1) is 0 Å². The van der Waals surface area contributed by atoms with Crippen LogP contribution < -0.4 is 0 Å². The first-order valence-corrected chi connectivity index (χ1v) is 29.0. The molecule has 1 atom stereocenters. The lowest BCUT2D eigenvalue weighted by Gasteiger charge is -2.18. The molecule has 0 radical (unpaired) electrons. The molecule has 0 N–H and O–H groups in total. The second kappa shape index (κ2) is 55.2. The van der Waals surface area contributed by atoms with Crippen LogP contribution in [0.15, 0.2) is 36.5 Å². The van der Waals surface area contributed by atoms with Gasteiger partial charge in [0.2, 0.25) is 0 Å². The monoisotopic (exact) mass is 927 g/mol. The molecule has 6 heteroatoms. The molecule has 66 heavy (non-hydrogen) atoms. The lowest BCUT2D eigenvalue weighted by atomic mass is 10.0. The van der Waals surface area contributed by atoms with Gasteiger partial charge in [-0.15, -0.1) is 0 Å². The summed E-state index contributed by atoms with van der Waals surface area (Å²) < 4.78 is 16.9. The Hall–Kier alpha value is -2.37. The zero-order chi connectivity index (χ0) is 47.9. The highest BCUT2D eigenvalue weighted by Gasteiger charge is 2.19. The quantitative estimate of drug-likeness (QED) is 0.0262. The van der Waals surface area contributed by atoms with Crippen LogP contribution in [0.3, 0.4) is 0 Å². The maximum absolute atomic E-state index is 12.9. The third-order valence-electron chi connectivity index (χ3n) is 12.9. The molecular formula is C60H110O6. The van der Waals surface area contributed by atoms with Crippen molar-refractivity contribution in [2.45, 2.75) is 316 Å². The normalized spacial score (nSPS) is 12.2. The van der Waals surface area contributed by atoms with E-state index in [4.69, 9.17) is 14.2 Å². The van der Waals surface area contributed by atoms with Gasteiger partial charge in [0.25, 0.3) is 0 Å². The van der Waals surface area contributed by atoms with Gasteiger partial charge in [-0.2, -0.15) is 0 Å². The number of rotatable bonds is 53. The van der Waals surface area contributed by atoms with E-state index in [1.54, 1.807) is 0 Å². The third-order valence-corrected chi connectivity index (χ3v) is 12.9. The fraction of sp³-hybridized carbons (Fsp3) is 0.850. The van der Waals surface area contributed by atoms with Crippen LogP contribution in [0.4, 0.5) is 0 Å². The highest BCUT2D eigenvalue weighted by atomic mass is 16.6. The molecule has 0 fully saturated rings. The number of hydrogen-bond acceptors (Lipinski definition) is 6. The van der Waals surface area contributed by atoms with Crippen molar-refractivity contribution in [2.75, 3.05) is 13.2 Å². The topological polar surface area (TPSA) is 78.9 Å². The molecule has 386 valence electrons. The largest absolute Gasteiger partial charge is 0.462 e. The molecule has 6 nitrogen and oxygen atoms in total. The molecule has 0 aromatic carbocycles. The Morgan fingerprint density at radius 1 is 0.303 bits per heavy atom. The lowest BCUT2D eigenvalue weighted by molar-refractivity contribution is -0.167. The van der Waals surface area contributed by atoms with Crippen LogP contribution in [0.25, 0.3) is 0 Å². The van der Waals surface area contributed by atoms with Gasteiger partial charge in [0.05, 0.1) is 0 Å². The SMILES string of the molecule is CCCCC/C=C/C/C=C/CCCCCCCCCC(=O)OC[C@@H](COC(=O)CCCCCCCCCCCCCCCC)OC(=O)CCCCCCCCC/C=C/CCCCCCCC. The Morgan fingerprint density at radius 3 is 0.879 bits per heavy atom. The van der Waals surface area contributed by atoms with Gasteiger partial charge >= 0.3 is 17.9 Å². The second-order valence-electron chi connectivity index (χ2n) is 19.6. The van der Waals surface area contributed by atoms with E-state index in [2.05, 4.69) is 57.2 Å². The Labute approximate surface area is 410 Å². The molecule has 0 saturated carbocycles. The van der Waals surface area contributed by atoms with Gasteiger partial charge < -0.3 is 14.2 Å². The van der Waals surface area contributed by atoms with Crippen molar-refractivity contribution >= 4 is 17.9 Å². The van der Waals surface area contributed by atoms with Crippen LogP contribution >= 0.6 is 0 Å². The van der Waals surface area contributed by atoms with E-state index in [1.807, 2.05) is 0 Å². The zero-order valence-corrected chi connectivity index (χ0v) is 44.2. The zero-order valence-electron chi connectivity index (χ0n) is 44.2. The number of carbonyl (C=O) groups excluding carboxylic acids is 3. The molecule has 0 aromatic heterocycles. The summed E-state index contributed by atoms with van der Waals surface area (Å²) in [4.78, 5) is 38.1. The van der Waals surface area contributed by atoms with Crippen molar-refractivity contribution in [3.63, 3.8) is 0 Å². The first-order valence-electron chi connectivity index (χ1n) is 29.0. The van der Waals surface area contributed by atoms with Crippen LogP contribution in [0.1, 0.15) is 310 Å². The molecule has 0 heterocycles. The molecule has 0 rings (SSSR count). The van der Waals surface area contributed by atoms with E-state index in [0.717, 1.165) is 70.6 Å². The summed E-state index contributed by atoms with van der Waals surface area (Å²) in [5, 5.41) is 0. The standard InChI is InChI=1S/C60H110O6/c1-4-7-10-13-16-19-22-25-28-30-32-35-38-41-44-47-50-53-59(62)65-56-57(55-64-58(61)52-49-46-43-40-37-34-27-24-21-18-15-12-9-6-3)66-60(63)54-51-48-45-42-39-36-33-31-29-26-23-20-17-14-11-8-5-2/h16,19,25-26,28-29,57H,4-15,17-18,20-24,27,30-56H2,1-3H3/b19-16+,28-25+,29-26+/t57-/m1/s1. The smallest absolute Gasteiger partial charge is 0.306 e. The number of carbonyl (C=O) groups is 3. The van der Waals surface area contributed by atoms with Crippen molar-refractivity contribution in [1.82, 2.24) is 0 Å². The minimum absolute atomic E-state index is 0.0728. The molecule has 0 amide bonds. The maximum atomic E-state index is 12.9. The summed E-state index contributed by atoms with van der Waals surface area (Å²) in [5.41, 5.74) is 0. The molecule has 0 saturated heterocycles. The van der Waals surface area contributed by atoms with E-state index >= 15 is 0 Å². The number of ether oxygens (including phenoxy) is 3. The number of unbranched alkanes of at least 4 members (excludes halogenated alkanes) is 36. The summed E-state index contributed by atoms with van der Waals surface area (Å²) in [5.74, 6) is -0.868. The Kier molecular flexibility index (Phi) is 53.2. The lowest BCUT2D eigenvalue weighted by Crippen LogP contribution is -2.30. The minimum atomic E-state index is -0.775. The van der Waals surface area contributed by atoms with E-state index in [1.165, 1.54) is 199 Å². The maximum Gasteiger partial charge on any atom is 0.306 e. The van der Waals surface area contributed by atoms with Gasteiger partial charge in [-0.1, -0.05) is 250 Å². The molecule has 0 aliphatic carbocycles. The van der Waals surface area contributed by atoms with Gasteiger partial charge in [-0.3, -0.25) is 14.4 Å². The summed E-state index contributed by atoms with van der Waals surface area (Å²) >= 11 is 0. The number of allylic oxidation sites excluding steroid dienone is 6. The molecule has 0 spiro atoms. The van der Waals surface area contributed by atoms with Gasteiger partial charge in [-0.05, 0) is 77.0 Å². The first kappa shape index (κ1) is 63.6. The van der Waals surface area contributed by atoms with Crippen molar-refractivity contribution in [3.05, 3.63) is 36.5 Å². The third kappa shape index (κ3) is 52.6. The summed E-state index contributed by atoms with van der Waals surface area (Å²) in [6.45, 7) is 6.64. The summed E-state index contributed by atoms with van der Waals surface area (Å²) in [7, 11) is 0. The molecule has 0 aliphatic heterocycles. The van der Waals surface area contributed by atoms with Crippen molar-refractivity contribution in [1.29, 1.82) is 0 Å². The molecule has 0 unspecified atom stereocenters. The highest BCUT2D eigenvalue weighted by molar-refractivity contribution is 5.71. The highest BCUT2D eigenvalue weighted by Crippen LogP contribution is 2.16. The van der Waals surface area contributed by atoms with Crippen molar-refractivity contribution in [3.8, 4) is 0 Å². The molecule has 0 aliphatic rings. The Balaban J connectivity index is 4.36. The predicted molar refractivity (Wildman–Crippen MR) is 284 cm³/mol. The summed E-state index contributed by atoms with van der Waals surface area (Å²) in [6.07, 6.45) is 65.5. The molecule has 0 bridgehead atoms. The summed E-state index contributed by atoms with van der Waals surface area (Å²) in [6, 6.07) is 0. The van der Waals surface area contributed by atoms with Crippen LogP contribution in [0.2, 0.25) is 0 Å². The van der Waals surface area contributed by atoms with E-state index in [9.17, 15) is 14.4 Å². The van der Waals surface area contributed by atoms with Gasteiger partial charge in [0.15, 0.2) is 6.10 Å². The van der Waals surface area contributed by atoms with E-state index in [-0.39, 0.29) is 31.1 Å². The van der Waals surface area contributed by atoms with Gasteiger partial charge in [0.1, 0.15) is 13.2 Å². The van der Waals surface area contributed by atoms with Crippen LogP contribution in [0.5, 0.6) is 0 Å². The second-order valence-corrected chi connectivity index (χ2v) is 19.6. The van der Waals surface area contributed by atoms with Gasteiger partial charge in [0, 0.05) is 19.3 Å². The number of hydrogen-bond donors (Lipinski definition) is 0. The average molecular weight is 928 g/mol. The van der Waals surface area contributed by atoms with Gasteiger partial charge in [-0.25, -0.2) is 0 Å². The van der Waals surface area contributed by atoms with Crippen molar-refractivity contribution in [2.24, 2.45) is 0 Å². The fourth-order valence-corrected chi connectivity index (χ4v) is 8.47. The Bertz CT molecular complexity index is 1110. The predicted octanol–water partition coefficient (Wildman–Crippen LogP) is 19.3. The fourth-order valence-electron chi connectivity index (χ4n) is 8.47. The van der Waals surface area contributed by atoms with E-state index < -0.39 is 6.10 Å². The van der Waals surface area contributed by atoms with E-state index in [0.29, 0.717) is 19.3 Å².